The van der Waals surface area contributed by atoms with Crippen LogP contribution >= 0.6 is 0 Å². The highest BCUT2D eigenvalue weighted by molar-refractivity contribution is 5.69. The van der Waals surface area contributed by atoms with Gasteiger partial charge in [0.25, 0.3) is 0 Å². The standard InChI is InChI=1S/C56H56N8O4/c1-65-53-37-25-39-31-50(62-58-46-19-11-6-12-20-46)33-41(54(39)66-2)27-43-35-52(64-60-48-23-15-8-16-24-48)36-44(56(43)68-4)28-42-34-51(63-59-47-21-13-7-14-22-47)32-40(55(42)67-3)26-38(53)30-49(29-37)61-57-45-17-9-5-10-18-45/h5-24,29-36,57-64H,25-28H2,1-4H3. The van der Waals surface area contributed by atoms with Gasteiger partial charge in [0.15, 0.2) is 0 Å². The molecule has 0 spiro atoms. The van der Waals surface area contributed by atoms with Crippen LogP contribution in [0.2, 0.25) is 0 Å². The van der Waals surface area contributed by atoms with Gasteiger partial charge in [0.2, 0.25) is 0 Å². The average molecular weight is 905 g/mol. The highest BCUT2D eigenvalue weighted by Crippen LogP contribution is 2.42. The highest BCUT2D eigenvalue weighted by Gasteiger charge is 2.24. The molecule has 1 aliphatic carbocycles. The van der Waals surface area contributed by atoms with Gasteiger partial charge in [-0.2, -0.15) is 0 Å². The molecule has 0 radical (unpaired) electrons. The van der Waals surface area contributed by atoms with Crippen LogP contribution in [-0.4, -0.2) is 28.4 Å². The Hall–Kier alpha value is -8.64. The van der Waals surface area contributed by atoms with Gasteiger partial charge in [-0.1, -0.05) is 72.8 Å². The van der Waals surface area contributed by atoms with E-state index in [0.29, 0.717) is 25.7 Å². The number of anilines is 8. The molecule has 9 rings (SSSR count). The maximum absolute atomic E-state index is 6.42. The number of ether oxygens (including phenoxy) is 4. The maximum atomic E-state index is 6.42. The first-order chi connectivity index (χ1) is 33.5. The van der Waals surface area contributed by atoms with Crippen molar-refractivity contribution in [3.8, 4) is 23.0 Å². The predicted molar refractivity (Wildman–Crippen MR) is 278 cm³/mol. The van der Waals surface area contributed by atoms with Crippen molar-refractivity contribution in [2.45, 2.75) is 25.7 Å². The van der Waals surface area contributed by atoms with Crippen molar-refractivity contribution in [1.29, 1.82) is 0 Å². The van der Waals surface area contributed by atoms with Crippen LogP contribution < -0.4 is 62.4 Å². The van der Waals surface area contributed by atoms with Gasteiger partial charge in [-0.15, -0.1) is 0 Å². The van der Waals surface area contributed by atoms with Crippen LogP contribution in [0.1, 0.15) is 44.5 Å². The van der Waals surface area contributed by atoms with Gasteiger partial charge in [-0.3, -0.25) is 0 Å². The summed E-state index contributed by atoms with van der Waals surface area (Å²) in [6.45, 7) is 0. The fourth-order valence-corrected chi connectivity index (χ4v) is 8.89. The Morgan fingerprint density at radius 2 is 0.397 bits per heavy atom. The summed E-state index contributed by atoms with van der Waals surface area (Å²) in [5.41, 5.74) is 42.4. The minimum absolute atomic E-state index is 0.476. The molecule has 0 heterocycles. The zero-order valence-corrected chi connectivity index (χ0v) is 38.6. The third kappa shape index (κ3) is 10.6. The highest BCUT2D eigenvalue weighted by atomic mass is 16.5. The lowest BCUT2D eigenvalue weighted by molar-refractivity contribution is 0.396. The number of hydrogen-bond acceptors (Lipinski definition) is 12. The largest absolute Gasteiger partial charge is 0.496 e. The Balaban J connectivity index is 1.24. The second-order valence-corrected chi connectivity index (χ2v) is 16.5. The lowest BCUT2D eigenvalue weighted by atomic mass is 9.90. The van der Waals surface area contributed by atoms with Gasteiger partial charge in [0.1, 0.15) is 23.0 Å². The molecule has 8 N–H and O–H groups in total. The minimum atomic E-state index is 0.476. The van der Waals surface area contributed by atoms with Crippen molar-refractivity contribution in [3.63, 3.8) is 0 Å². The van der Waals surface area contributed by atoms with Crippen molar-refractivity contribution in [1.82, 2.24) is 0 Å². The Labute approximate surface area is 397 Å². The van der Waals surface area contributed by atoms with Gasteiger partial charge < -0.3 is 62.4 Å². The number of hydrogen-bond donors (Lipinski definition) is 8. The Bertz CT molecular complexity index is 2460. The second-order valence-electron chi connectivity index (χ2n) is 16.5. The molecule has 0 saturated carbocycles. The molecule has 0 saturated heterocycles. The van der Waals surface area contributed by atoms with Crippen molar-refractivity contribution in [3.05, 3.63) is 214 Å². The van der Waals surface area contributed by atoms with E-state index in [-0.39, 0.29) is 0 Å². The number of benzene rings is 8. The van der Waals surface area contributed by atoms with Crippen LogP contribution in [-0.2, 0) is 25.7 Å². The molecule has 8 aromatic rings. The van der Waals surface area contributed by atoms with E-state index in [2.05, 4.69) is 91.9 Å². The molecule has 0 amide bonds. The first-order valence-electron chi connectivity index (χ1n) is 22.5. The van der Waals surface area contributed by atoms with E-state index in [0.717, 1.165) is 113 Å². The van der Waals surface area contributed by atoms with Crippen LogP contribution in [0.5, 0.6) is 23.0 Å². The molecule has 1 aliphatic rings. The van der Waals surface area contributed by atoms with Gasteiger partial charge >= 0.3 is 0 Å². The summed E-state index contributed by atoms with van der Waals surface area (Å²) < 4.78 is 25.7. The number of nitrogens with one attached hydrogen (secondary N) is 8. The molecule has 8 aromatic carbocycles. The number of para-hydroxylation sites is 4. The van der Waals surface area contributed by atoms with Crippen LogP contribution in [0.4, 0.5) is 45.5 Å². The van der Waals surface area contributed by atoms with Crippen LogP contribution in [0.15, 0.2) is 170 Å². The number of hydrazine groups is 4. The van der Waals surface area contributed by atoms with E-state index >= 15 is 0 Å². The maximum Gasteiger partial charge on any atom is 0.126 e. The molecule has 344 valence electrons. The summed E-state index contributed by atoms with van der Waals surface area (Å²) in [6, 6.07) is 57.3. The van der Waals surface area contributed by atoms with Crippen LogP contribution in [0.3, 0.4) is 0 Å². The van der Waals surface area contributed by atoms with Crippen LogP contribution in [0, 0.1) is 0 Å². The number of methoxy groups -OCH3 is 4. The molecular weight excluding hydrogens is 849 g/mol. The Morgan fingerprint density at radius 3 is 0.559 bits per heavy atom. The summed E-state index contributed by atoms with van der Waals surface area (Å²) in [4.78, 5) is 0. The monoisotopic (exact) mass is 904 g/mol. The smallest absolute Gasteiger partial charge is 0.126 e. The van der Waals surface area contributed by atoms with Gasteiger partial charge in [0.05, 0.1) is 73.9 Å². The Morgan fingerprint density at radius 1 is 0.235 bits per heavy atom. The molecular formula is C56H56N8O4. The zero-order chi connectivity index (χ0) is 46.7. The lowest BCUT2D eigenvalue weighted by Gasteiger charge is -2.24. The first-order valence-corrected chi connectivity index (χ1v) is 22.5. The quantitative estimate of drug-likeness (QED) is 0.0439. The molecule has 0 fully saturated rings. The van der Waals surface area contributed by atoms with Crippen molar-refractivity contribution in [2.75, 3.05) is 71.8 Å². The minimum Gasteiger partial charge on any atom is -0.496 e. The SMILES string of the molecule is COc1c2cc(NNc3ccccc3)cc1Cc1cc(NNc3ccccc3)cc(c1OC)Cc1cc(NNc3ccccc3)cc(c1OC)Cc1cc(NNc3ccccc3)cc(c1OC)C2. The van der Waals surface area contributed by atoms with E-state index < -0.39 is 0 Å². The lowest BCUT2D eigenvalue weighted by Crippen LogP contribution is -2.13. The first kappa shape index (κ1) is 44.6. The topological polar surface area (TPSA) is 133 Å². The van der Waals surface area contributed by atoms with Crippen LogP contribution in [0.25, 0.3) is 0 Å². The molecule has 0 aromatic heterocycles. The molecule has 12 heteroatoms. The normalized spacial score (nSPS) is 11.6. The van der Waals surface area contributed by atoms with E-state index in [1.807, 2.05) is 121 Å². The third-order valence-corrected chi connectivity index (χ3v) is 11.8. The fraction of sp³-hybridized carbons (Fsp3) is 0.143. The van der Waals surface area contributed by atoms with Crippen molar-refractivity contribution < 1.29 is 18.9 Å². The van der Waals surface area contributed by atoms with E-state index in [1.165, 1.54) is 0 Å². The number of rotatable bonds is 16. The summed E-state index contributed by atoms with van der Waals surface area (Å²) in [5, 5.41) is 0. The molecule has 68 heavy (non-hydrogen) atoms. The van der Waals surface area contributed by atoms with E-state index in [1.54, 1.807) is 28.4 Å². The predicted octanol–water partition coefficient (Wildman–Crippen LogP) is 12.2. The Kier molecular flexibility index (Phi) is 13.8. The average Bonchev–Trinajstić information content (AvgIpc) is 3.37. The van der Waals surface area contributed by atoms with Crippen molar-refractivity contribution in [2.24, 2.45) is 0 Å². The number of fused-ring (bicyclic) bond motifs is 8. The summed E-state index contributed by atoms with van der Waals surface area (Å²) in [5.74, 6) is 3.07. The van der Waals surface area contributed by atoms with Gasteiger partial charge in [-0.25, -0.2) is 0 Å². The summed E-state index contributed by atoms with van der Waals surface area (Å²) in [7, 11) is 6.95. The molecule has 8 bridgehead atoms. The molecule has 0 atom stereocenters. The summed E-state index contributed by atoms with van der Waals surface area (Å²) in [6.07, 6.45) is 1.90. The molecule has 0 aliphatic heterocycles. The fourth-order valence-electron chi connectivity index (χ4n) is 8.89. The van der Waals surface area contributed by atoms with Crippen molar-refractivity contribution >= 4 is 45.5 Å². The molecule has 12 nitrogen and oxygen atoms in total. The van der Waals surface area contributed by atoms with E-state index in [9.17, 15) is 0 Å². The summed E-state index contributed by atoms with van der Waals surface area (Å²) >= 11 is 0. The zero-order valence-electron chi connectivity index (χ0n) is 38.6. The van der Waals surface area contributed by atoms with E-state index in [4.69, 9.17) is 18.9 Å². The van der Waals surface area contributed by atoms with Gasteiger partial charge in [-0.05, 0) is 97.1 Å². The third-order valence-electron chi connectivity index (χ3n) is 11.8. The second kappa shape index (κ2) is 21.1. The van der Waals surface area contributed by atoms with Gasteiger partial charge in [0, 0.05) is 70.2 Å². The molecule has 0 unspecified atom stereocenters.